The third kappa shape index (κ3) is 4.84. The van der Waals surface area contributed by atoms with Crippen LogP contribution >= 0.6 is 11.3 Å². The van der Waals surface area contributed by atoms with Crippen LogP contribution in [0.2, 0.25) is 0 Å². The highest BCUT2D eigenvalue weighted by molar-refractivity contribution is 7.09. The van der Waals surface area contributed by atoms with Gasteiger partial charge in [0.25, 0.3) is 0 Å². The van der Waals surface area contributed by atoms with Gasteiger partial charge < -0.3 is 15.0 Å². The van der Waals surface area contributed by atoms with E-state index in [1.807, 2.05) is 12.3 Å². The van der Waals surface area contributed by atoms with Gasteiger partial charge in [-0.25, -0.2) is 9.78 Å². The van der Waals surface area contributed by atoms with Crippen molar-refractivity contribution in [3.8, 4) is 0 Å². The first-order valence-electron chi connectivity index (χ1n) is 7.41. The Morgan fingerprint density at radius 3 is 2.82 bits per heavy atom. The molecule has 1 fully saturated rings. The molecule has 2 rings (SSSR count). The maximum Gasteiger partial charge on any atom is 0.409 e. The summed E-state index contributed by atoms with van der Waals surface area (Å²) >= 11 is 1.56. The maximum atomic E-state index is 11.9. The predicted molar refractivity (Wildman–Crippen MR) is 85.6 cm³/mol. The summed E-state index contributed by atoms with van der Waals surface area (Å²) < 4.78 is 4.97. The molecule has 1 aliphatic heterocycles. The molecule has 0 aromatic carbocycles. The van der Waals surface area contributed by atoms with Crippen LogP contribution in [-0.4, -0.2) is 47.6 Å². The van der Waals surface area contributed by atoms with Gasteiger partial charge in [0.2, 0.25) is 5.91 Å². The quantitative estimate of drug-likeness (QED) is 0.862. The van der Waals surface area contributed by atoms with Gasteiger partial charge in [0.1, 0.15) is 0 Å². The molecule has 0 atom stereocenters. The fourth-order valence-electron chi connectivity index (χ4n) is 2.29. The van der Waals surface area contributed by atoms with E-state index in [-0.39, 0.29) is 18.0 Å². The van der Waals surface area contributed by atoms with E-state index in [2.05, 4.69) is 10.3 Å². The summed E-state index contributed by atoms with van der Waals surface area (Å²) in [5, 5.41) is 5.85. The molecule has 0 saturated carbocycles. The number of nitrogens with one attached hydrogen (secondary N) is 1. The Labute approximate surface area is 134 Å². The molecule has 1 saturated heterocycles. The first-order chi connectivity index (χ1) is 10.6. The van der Waals surface area contributed by atoms with Gasteiger partial charge in [0.15, 0.2) is 0 Å². The SMILES string of the molecule is CCOC(=O)N1CCC(NC(=O)/C=C/c2csc(C)n2)CC1. The summed E-state index contributed by atoms with van der Waals surface area (Å²) in [6.07, 6.45) is 4.44. The highest BCUT2D eigenvalue weighted by atomic mass is 32.1. The van der Waals surface area contributed by atoms with Crippen molar-refractivity contribution in [2.24, 2.45) is 0 Å². The zero-order chi connectivity index (χ0) is 15.9. The molecule has 0 aliphatic carbocycles. The lowest BCUT2D eigenvalue weighted by Gasteiger charge is -2.31. The van der Waals surface area contributed by atoms with Crippen LogP contribution in [-0.2, 0) is 9.53 Å². The molecule has 1 aromatic rings. The molecule has 2 amide bonds. The molecule has 0 spiro atoms. The summed E-state index contributed by atoms with van der Waals surface area (Å²) in [4.78, 5) is 29.4. The number of aromatic nitrogens is 1. The number of piperidine rings is 1. The third-order valence-electron chi connectivity index (χ3n) is 3.41. The van der Waals surface area contributed by atoms with Crippen molar-refractivity contribution in [1.29, 1.82) is 0 Å². The summed E-state index contributed by atoms with van der Waals surface area (Å²) in [5.74, 6) is -0.125. The minimum atomic E-state index is -0.272. The normalized spacial score (nSPS) is 16.0. The Kier molecular flexibility index (Phi) is 5.94. The van der Waals surface area contributed by atoms with Crippen molar-refractivity contribution in [2.75, 3.05) is 19.7 Å². The van der Waals surface area contributed by atoms with Gasteiger partial charge in [-0.3, -0.25) is 4.79 Å². The van der Waals surface area contributed by atoms with Crippen LogP contribution in [0.3, 0.4) is 0 Å². The smallest absolute Gasteiger partial charge is 0.409 e. The Morgan fingerprint density at radius 1 is 1.50 bits per heavy atom. The average molecular weight is 323 g/mol. The number of hydrogen-bond donors (Lipinski definition) is 1. The van der Waals surface area contributed by atoms with E-state index in [9.17, 15) is 9.59 Å². The number of carbonyl (C=O) groups excluding carboxylic acids is 2. The molecule has 1 aliphatic rings. The number of thiazole rings is 1. The van der Waals surface area contributed by atoms with Crippen LogP contribution in [0.25, 0.3) is 6.08 Å². The van der Waals surface area contributed by atoms with Gasteiger partial charge in [-0.05, 0) is 32.8 Å². The number of carbonyl (C=O) groups is 2. The highest BCUT2D eigenvalue weighted by Gasteiger charge is 2.23. The Balaban J connectivity index is 1.74. The topological polar surface area (TPSA) is 71.5 Å². The number of likely N-dealkylation sites (tertiary alicyclic amines) is 1. The van der Waals surface area contributed by atoms with Crippen molar-refractivity contribution in [3.05, 3.63) is 22.2 Å². The Morgan fingerprint density at radius 2 is 2.23 bits per heavy atom. The number of rotatable bonds is 4. The Bertz CT molecular complexity index is 548. The number of hydrogen-bond acceptors (Lipinski definition) is 5. The van der Waals surface area contributed by atoms with Gasteiger partial charge in [0, 0.05) is 30.6 Å². The van der Waals surface area contributed by atoms with E-state index in [1.54, 1.807) is 29.2 Å². The lowest BCUT2D eigenvalue weighted by Crippen LogP contribution is -2.46. The van der Waals surface area contributed by atoms with Gasteiger partial charge in [-0.15, -0.1) is 11.3 Å². The zero-order valence-electron chi connectivity index (χ0n) is 12.9. The molecule has 7 heteroatoms. The molecule has 1 N–H and O–H groups in total. The molecule has 6 nitrogen and oxygen atoms in total. The molecule has 22 heavy (non-hydrogen) atoms. The van der Waals surface area contributed by atoms with Crippen LogP contribution in [0.4, 0.5) is 4.79 Å². The number of nitrogens with zero attached hydrogens (tertiary/aromatic N) is 2. The standard InChI is InChI=1S/C15H21N3O3S/c1-3-21-15(20)18-8-6-12(7-9-18)17-14(19)5-4-13-10-22-11(2)16-13/h4-5,10,12H,3,6-9H2,1-2H3,(H,17,19)/b5-4+. The van der Waals surface area contributed by atoms with Gasteiger partial charge >= 0.3 is 6.09 Å². The zero-order valence-corrected chi connectivity index (χ0v) is 13.7. The number of ether oxygens (including phenoxy) is 1. The van der Waals surface area contributed by atoms with Gasteiger partial charge in [-0.2, -0.15) is 0 Å². The first-order valence-corrected chi connectivity index (χ1v) is 8.29. The van der Waals surface area contributed by atoms with Gasteiger partial charge in [-0.1, -0.05) is 0 Å². The van der Waals surface area contributed by atoms with Crippen molar-refractivity contribution in [3.63, 3.8) is 0 Å². The van der Waals surface area contributed by atoms with Crippen molar-refractivity contribution in [2.45, 2.75) is 32.7 Å². The molecule has 1 aromatic heterocycles. The third-order valence-corrected chi connectivity index (χ3v) is 4.20. The Hall–Kier alpha value is -1.89. The lowest BCUT2D eigenvalue weighted by atomic mass is 10.1. The van der Waals surface area contributed by atoms with Crippen LogP contribution in [0, 0.1) is 6.92 Å². The van der Waals surface area contributed by atoms with E-state index in [0.717, 1.165) is 23.5 Å². The second kappa shape index (κ2) is 7.93. The number of aryl methyl sites for hydroxylation is 1. The minimum Gasteiger partial charge on any atom is -0.450 e. The molecular formula is C15H21N3O3S. The molecule has 0 radical (unpaired) electrons. The largest absolute Gasteiger partial charge is 0.450 e. The monoisotopic (exact) mass is 323 g/mol. The van der Waals surface area contributed by atoms with E-state index >= 15 is 0 Å². The van der Waals surface area contributed by atoms with E-state index < -0.39 is 0 Å². The van der Waals surface area contributed by atoms with E-state index in [1.165, 1.54) is 6.08 Å². The van der Waals surface area contributed by atoms with Crippen molar-refractivity contribution < 1.29 is 14.3 Å². The van der Waals surface area contributed by atoms with Crippen molar-refractivity contribution >= 4 is 29.4 Å². The first kappa shape index (κ1) is 16.5. The minimum absolute atomic E-state index is 0.0972. The van der Waals surface area contributed by atoms with Crippen LogP contribution in [0.5, 0.6) is 0 Å². The van der Waals surface area contributed by atoms with Gasteiger partial charge in [0.05, 0.1) is 17.3 Å². The molecular weight excluding hydrogens is 302 g/mol. The summed E-state index contributed by atoms with van der Waals surface area (Å²) in [6, 6.07) is 0.0972. The fraction of sp³-hybridized carbons (Fsp3) is 0.533. The summed E-state index contributed by atoms with van der Waals surface area (Å²) in [5.41, 5.74) is 0.801. The fourth-order valence-corrected chi connectivity index (χ4v) is 2.87. The molecule has 0 unspecified atom stereocenters. The average Bonchev–Trinajstić information content (AvgIpc) is 2.92. The summed E-state index contributed by atoms with van der Waals surface area (Å²) in [7, 11) is 0. The second-order valence-corrected chi connectivity index (χ2v) is 6.16. The van der Waals surface area contributed by atoms with Crippen molar-refractivity contribution in [1.82, 2.24) is 15.2 Å². The van der Waals surface area contributed by atoms with Crippen LogP contribution < -0.4 is 5.32 Å². The van der Waals surface area contributed by atoms with Crippen LogP contribution in [0.1, 0.15) is 30.5 Å². The molecule has 0 bridgehead atoms. The molecule has 2 heterocycles. The van der Waals surface area contributed by atoms with E-state index in [0.29, 0.717) is 19.7 Å². The van der Waals surface area contributed by atoms with E-state index in [4.69, 9.17) is 4.74 Å². The lowest BCUT2D eigenvalue weighted by molar-refractivity contribution is -0.117. The highest BCUT2D eigenvalue weighted by Crippen LogP contribution is 2.12. The second-order valence-electron chi connectivity index (χ2n) is 5.09. The maximum absolute atomic E-state index is 11.9. The summed E-state index contributed by atoms with van der Waals surface area (Å²) in [6.45, 7) is 5.33. The predicted octanol–water partition coefficient (Wildman–Crippen LogP) is 2.20. The molecule has 120 valence electrons. The number of amides is 2. The van der Waals surface area contributed by atoms with Crippen LogP contribution in [0.15, 0.2) is 11.5 Å².